The van der Waals surface area contributed by atoms with Crippen molar-refractivity contribution in [1.29, 1.82) is 0 Å². The van der Waals surface area contributed by atoms with Gasteiger partial charge in [-0.15, -0.1) is 5.10 Å². The average Bonchev–Trinajstić information content (AvgIpc) is 3.61. The van der Waals surface area contributed by atoms with Gasteiger partial charge in [-0.2, -0.15) is 4.52 Å². The number of allylic oxidation sites excluding steroid dienone is 6. The Bertz CT molecular complexity index is 1540. The molecule has 0 spiro atoms. The molecule has 1 saturated heterocycles. The van der Waals surface area contributed by atoms with E-state index in [4.69, 9.17) is 10.2 Å². The minimum atomic E-state index is -0.404. The maximum atomic E-state index is 13.5. The van der Waals surface area contributed by atoms with Crippen molar-refractivity contribution in [3.05, 3.63) is 95.8 Å². The molecule has 4 heterocycles. The van der Waals surface area contributed by atoms with E-state index in [1.807, 2.05) is 44.2 Å². The van der Waals surface area contributed by atoms with Crippen molar-refractivity contribution in [2.45, 2.75) is 13.8 Å². The zero-order valence-electron chi connectivity index (χ0n) is 21.2. The summed E-state index contributed by atoms with van der Waals surface area (Å²) in [6.45, 7) is 6.53. The van der Waals surface area contributed by atoms with Crippen LogP contribution in [0.25, 0.3) is 22.8 Å². The van der Waals surface area contributed by atoms with Crippen LogP contribution >= 0.6 is 0 Å². The molecule has 0 bridgehead atoms. The molecule has 0 aliphatic carbocycles. The number of amides is 1. The molecule has 1 amide bonds. The first-order valence-electron chi connectivity index (χ1n) is 12.3. The minimum Gasteiger partial charge on any atom is -0.461 e. The molecular formula is C28H28FN7O2. The van der Waals surface area contributed by atoms with E-state index >= 15 is 0 Å². The lowest BCUT2D eigenvalue weighted by Crippen LogP contribution is -2.47. The van der Waals surface area contributed by atoms with E-state index in [2.05, 4.69) is 20.0 Å². The summed E-state index contributed by atoms with van der Waals surface area (Å²) in [5, 5.41) is 4.39. The molecule has 1 aromatic carbocycles. The number of aromatic nitrogens is 4. The van der Waals surface area contributed by atoms with E-state index in [-0.39, 0.29) is 11.9 Å². The number of anilines is 1. The van der Waals surface area contributed by atoms with Gasteiger partial charge in [-0.05, 0) is 55.8 Å². The number of carbonyl (C=O) groups excluding carboxylic acids is 1. The zero-order chi connectivity index (χ0) is 26.6. The number of halogens is 1. The van der Waals surface area contributed by atoms with E-state index in [9.17, 15) is 9.18 Å². The fraction of sp³-hybridized carbons (Fsp3) is 0.214. The van der Waals surface area contributed by atoms with Gasteiger partial charge in [0, 0.05) is 43.5 Å². The van der Waals surface area contributed by atoms with Gasteiger partial charge in [-0.3, -0.25) is 4.79 Å². The van der Waals surface area contributed by atoms with Crippen molar-refractivity contribution in [2.24, 2.45) is 0 Å². The largest absolute Gasteiger partial charge is 0.461 e. The molecule has 1 aliphatic heterocycles. The van der Waals surface area contributed by atoms with Crippen LogP contribution in [-0.4, -0.2) is 61.5 Å². The highest BCUT2D eigenvalue weighted by Gasteiger charge is 2.22. The molecule has 0 radical (unpaired) electrons. The van der Waals surface area contributed by atoms with Gasteiger partial charge in [0.05, 0.1) is 12.0 Å². The van der Waals surface area contributed by atoms with E-state index in [1.165, 1.54) is 16.6 Å². The van der Waals surface area contributed by atoms with Crippen LogP contribution in [0, 0.1) is 5.82 Å². The van der Waals surface area contributed by atoms with E-state index < -0.39 is 5.82 Å². The first-order chi connectivity index (χ1) is 18.4. The van der Waals surface area contributed by atoms with Crippen LogP contribution in [0.5, 0.6) is 0 Å². The molecule has 5 rings (SSSR count). The van der Waals surface area contributed by atoms with Crippen molar-refractivity contribution < 1.29 is 13.6 Å². The standard InChI is InChI=1S/C28H28FN7O2/c1-3-20(23-18-25-32-26(24-11-6-16-38-24)33-36(25)28(30)31-23)8-4-7-19(2)34-12-14-35(15-13-34)27(37)21-9-5-10-22(29)17-21/h3-11,16-18H,12-15H2,1-2H3,(H2,30,31)/b8-4-,19-7+,20-3+. The number of piperazine rings is 1. The topological polar surface area (TPSA) is 106 Å². The SMILES string of the molecule is C\C=C(/C=C\C=C(/C)N1CCN(C(=O)c2cccc(F)c2)CC1)c1cc2nc(-c3ccco3)nn2c(N)n1. The third kappa shape index (κ3) is 5.19. The van der Waals surface area contributed by atoms with Crippen LogP contribution in [-0.2, 0) is 0 Å². The van der Waals surface area contributed by atoms with Gasteiger partial charge < -0.3 is 20.0 Å². The molecule has 9 nitrogen and oxygen atoms in total. The second-order valence-electron chi connectivity index (χ2n) is 8.88. The van der Waals surface area contributed by atoms with Crippen LogP contribution < -0.4 is 5.73 Å². The summed E-state index contributed by atoms with van der Waals surface area (Å²) in [5.74, 6) is 0.678. The summed E-state index contributed by atoms with van der Waals surface area (Å²) < 4.78 is 20.4. The van der Waals surface area contributed by atoms with Gasteiger partial charge in [-0.25, -0.2) is 14.4 Å². The number of nitrogens with two attached hydrogens (primary N) is 1. The highest BCUT2D eigenvalue weighted by molar-refractivity contribution is 5.94. The second-order valence-corrected chi connectivity index (χ2v) is 8.88. The lowest BCUT2D eigenvalue weighted by Gasteiger charge is -2.36. The minimum absolute atomic E-state index is 0.142. The van der Waals surface area contributed by atoms with Crippen LogP contribution in [0.15, 0.2) is 83.1 Å². The molecule has 1 fully saturated rings. The van der Waals surface area contributed by atoms with Gasteiger partial charge in [0.15, 0.2) is 11.4 Å². The smallest absolute Gasteiger partial charge is 0.254 e. The van der Waals surface area contributed by atoms with Gasteiger partial charge in [0.2, 0.25) is 11.8 Å². The Morgan fingerprint density at radius 3 is 2.58 bits per heavy atom. The molecule has 194 valence electrons. The maximum absolute atomic E-state index is 13.5. The lowest BCUT2D eigenvalue weighted by molar-refractivity contribution is 0.0669. The number of rotatable bonds is 6. The Morgan fingerprint density at radius 1 is 1.08 bits per heavy atom. The summed E-state index contributed by atoms with van der Waals surface area (Å²) in [6, 6.07) is 11.2. The summed E-state index contributed by atoms with van der Waals surface area (Å²) >= 11 is 0. The summed E-state index contributed by atoms with van der Waals surface area (Å²) in [6.07, 6.45) is 9.49. The number of furan rings is 1. The predicted octanol–water partition coefficient (Wildman–Crippen LogP) is 4.43. The second kappa shape index (κ2) is 10.7. The molecule has 10 heteroatoms. The first-order valence-corrected chi connectivity index (χ1v) is 12.3. The molecule has 3 aromatic heterocycles. The maximum Gasteiger partial charge on any atom is 0.254 e. The molecule has 0 atom stereocenters. The van der Waals surface area contributed by atoms with Crippen molar-refractivity contribution in [1.82, 2.24) is 29.4 Å². The van der Waals surface area contributed by atoms with E-state index in [1.54, 1.807) is 35.4 Å². The summed E-state index contributed by atoms with van der Waals surface area (Å²) in [7, 11) is 0. The third-order valence-electron chi connectivity index (χ3n) is 6.45. The number of hydrogen-bond donors (Lipinski definition) is 1. The molecule has 2 N–H and O–H groups in total. The molecule has 1 aliphatic rings. The van der Waals surface area contributed by atoms with Crippen LogP contribution in [0.4, 0.5) is 10.3 Å². The van der Waals surface area contributed by atoms with Crippen molar-refractivity contribution in [3.63, 3.8) is 0 Å². The van der Waals surface area contributed by atoms with Gasteiger partial charge >= 0.3 is 0 Å². The molecular weight excluding hydrogens is 485 g/mol. The predicted molar refractivity (Wildman–Crippen MR) is 143 cm³/mol. The van der Waals surface area contributed by atoms with Gasteiger partial charge in [0.25, 0.3) is 5.91 Å². The Morgan fingerprint density at radius 2 is 1.87 bits per heavy atom. The van der Waals surface area contributed by atoms with Crippen LogP contribution in [0.1, 0.15) is 29.9 Å². The Balaban J connectivity index is 1.24. The number of nitrogen functional groups attached to an aromatic ring is 1. The molecule has 0 saturated carbocycles. The Hall–Kier alpha value is -4.73. The molecule has 4 aromatic rings. The fourth-order valence-corrected chi connectivity index (χ4v) is 4.36. The van der Waals surface area contributed by atoms with E-state index in [0.717, 1.165) is 11.3 Å². The average molecular weight is 514 g/mol. The highest BCUT2D eigenvalue weighted by Crippen LogP contribution is 2.22. The van der Waals surface area contributed by atoms with Crippen LogP contribution in [0.2, 0.25) is 0 Å². The van der Waals surface area contributed by atoms with Gasteiger partial charge in [-0.1, -0.05) is 24.3 Å². The monoisotopic (exact) mass is 513 g/mol. The number of fused-ring (bicyclic) bond motifs is 1. The van der Waals surface area contributed by atoms with Crippen LogP contribution in [0.3, 0.4) is 0 Å². The molecule has 0 unspecified atom stereocenters. The highest BCUT2D eigenvalue weighted by atomic mass is 19.1. The summed E-state index contributed by atoms with van der Waals surface area (Å²) in [5.41, 5.74) is 9.77. The van der Waals surface area contributed by atoms with Crippen molar-refractivity contribution in [3.8, 4) is 11.6 Å². The number of nitrogens with zero attached hydrogens (tertiary/aromatic N) is 6. The number of hydrogen-bond acceptors (Lipinski definition) is 7. The summed E-state index contributed by atoms with van der Waals surface area (Å²) in [4.78, 5) is 25.7. The van der Waals surface area contributed by atoms with Gasteiger partial charge in [0.1, 0.15) is 5.82 Å². The van der Waals surface area contributed by atoms with E-state index in [0.29, 0.717) is 54.7 Å². The third-order valence-corrected chi connectivity index (χ3v) is 6.45. The Labute approximate surface area is 219 Å². The Kier molecular flexibility index (Phi) is 7.03. The quantitative estimate of drug-likeness (QED) is 0.380. The number of benzene rings is 1. The number of carbonyl (C=O) groups is 1. The fourth-order valence-electron chi connectivity index (χ4n) is 4.36. The molecule has 38 heavy (non-hydrogen) atoms. The normalized spacial score (nSPS) is 15.1. The first kappa shape index (κ1) is 24.9. The van der Waals surface area contributed by atoms with Crippen molar-refractivity contribution in [2.75, 3.05) is 31.9 Å². The zero-order valence-corrected chi connectivity index (χ0v) is 21.2. The lowest BCUT2D eigenvalue weighted by atomic mass is 10.1. The van der Waals surface area contributed by atoms with Crippen molar-refractivity contribution >= 4 is 23.1 Å².